The molecule has 0 aromatic carbocycles. The summed E-state index contributed by atoms with van der Waals surface area (Å²) in [5, 5.41) is 20.9. The molecule has 8 nitrogen and oxygen atoms in total. The normalized spacial score (nSPS) is 15.3. The molecule has 22 heavy (non-hydrogen) atoms. The maximum Gasteiger partial charge on any atom is 0.252 e. The molecule has 1 aromatic rings. The van der Waals surface area contributed by atoms with Gasteiger partial charge in [-0.3, -0.25) is 10.2 Å². The molecule has 1 aromatic heterocycles. The number of piperazine rings is 1. The van der Waals surface area contributed by atoms with Crippen LogP contribution in [0.5, 0.6) is 0 Å². The van der Waals surface area contributed by atoms with Crippen LogP contribution in [0.15, 0.2) is 30.0 Å². The van der Waals surface area contributed by atoms with E-state index < -0.39 is 5.91 Å². The minimum atomic E-state index is -0.758. The summed E-state index contributed by atoms with van der Waals surface area (Å²) < 4.78 is 0. The molecule has 0 unspecified atom stereocenters. The molecule has 1 aliphatic rings. The minimum Gasteiger partial charge on any atom is -0.365 e. The fraction of sp³-hybridized carbons (Fsp3) is 0.286. The van der Waals surface area contributed by atoms with E-state index in [0.717, 1.165) is 38.2 Å². The second kappa shape index (κ2) is 7.32. The first kappa shape index (κ1) is 15.6. The number of amides is 1. The number of carbonyl (C=O) groups excluding carboxylic acids is 1. The molecule has 0 radical (unpaired) electrons. The first-order valence-electron chi connectivity index (χ1n) is 6.90. The van der Waals surface area contributed by atoms with E-state index >= 15 is 0 Å². The van der Waals surface area contributed by atoms with Gasteiger partial charge in [-0.2, -0.15) is 0 Å². The number of pyridine rings is 1. The number of nitrogens with two attached hydrogens (primary N) is 1. The van der Waals surface area contributed by atoms with Gasteiger partial charge in [0, 0.05) is 32.4 Å². The topological polar surface area (TPSA) is 131 Å². The number of anilines is 2. The van der Waals surface area contributed by atoms with E-state index in [4.69, 9.17) is 16.6 Å². The van der Waals surface area contributed by atoms with Crippen molar-refractivity contribution in [1.29, 1.82) is 10.8 Å². The zero-order valence-corrected chi connectivity index (χ0v) is 12.1. The third-order valence-corrected chi connectivity index (χ3v) is 3.24. The summed E-state index contributed by atoms with van der Waals surface area (Å²) in [5.74, 6) is -0.0390. The Morgan fingerprint density at radius 2 is 2.14 bits per heavy atom. The van der Waals surface area contributed by atoms with Gasteiger partial charge in [-0.15, -0.1) is 0 Å². The lowest BCUT2D eigenvalue weighted by Gasteiger charge is -2.28. The number of nitrogens with zero attached hydrogens (tertiary/aromatic N) is 2. The standard InChI is InChI=1S/C14H19N7O/c15-4-3-11(14(17)22)13(16)20-10-1-2-12(19-9-10)21-7-5-18-6-8-21/h1-4,9,15,18H,5-8H2,(H2,16,20)(H2,17,22)/b11-3-,15-4?. The Labute approximate surface area is 128 Å². The van der Waals surface area contributed by atoms with E-state index in [0.29, 0.717) is 5.69 Å². The van der Waals surface area contributed by atoms with Crippen molar-refractivity contribution in [3.63, 3.8) is 0 Å². The van der Waals surface area contributed by atoms with E-state index in [2.05, 4.69) is 20.5 Å². The molecular formula is C14H19N7O. The van der Waals surface area contributed by atoms with Gasteiger partial charge in [0.15, 0.2) is 0 Å². The molecule has 0 atom stereocenters. The van der Waals surface area contributed by atoms with Crippen molar-refractivity contribution < 1.29 is 4.79 Å². The highest BCUT2D eigenvalue weighted by Gasteiger charge is 2.13. The lowest BCUT2D eigenvalue weighted by Crippen LogP contribution is -2.43. The van der Waals surface area contributed by atoms with Gasteiger partial charge < -0.3 is 26.7 Å². The van der Waals surface area contributed by atoms with E-state index in [-0.39, 0.29) is 11.4 Å². The van der Waals surface area contributed by atoms with Gasteiger partial charge in [0.05, 0.1) is 17.5 Å². The molecule has 1 saturated heterocycles. The van der Waals surface area contributed by atoms with E-state index in [1.807, 2.05) is 6.07 Å². The first-order chi connectivity index (χ1) is 10.6. The van der Waals surface area contributed by atoms with Crippen LogP contribution in [0.3, 0.4) is 0 Å². The van der Waals surface area contributed by atoms with Crippen LogP contribution < -0.4 is 21.3 Å². The Morgan fingerprint density at radius 3 is 2.68 bits per heavy atom. The van der Waals surface area contributed by atoms with E-state index in [9.17, 15) is 4.79 Å². The molecule has 2 heterocycles. The highest BCUT2D eigenvalue weighted by atomic mass is 16.1. The van der Waals surface area contributed by atoms with Crippen LogP contribution in [0.4, 0.5) is 11.5 Å². The number of rotatable bonds is 5. The summed E-state index contributed by atoms with van der Waals surface area (Å²) in [6, 6.07) is 3.66. The van der Waals surface area contributed by atoms with Crippen LogP contribution in [-0.4, -0.2) is 49.1 Å². The average Bonchev–Trinajstić information content (AvgIpc) is 2.53. The van der Waals surface area contributed by atoms with E-state index in [1.54, 1.807) is 12.3 Å². The molecule has 8 heteroatoms. The number of primary amides is 1. The summed E-state index contributed by atoms with van der Waals surface area (Å²) in [6.45, 7) is 3.68. The molecule has 1 amide bonds. The molecule has 0 aliphatic carbocycles. The van der Waals surface area contributed by atoms with Crippen molar-refractivity contribution in [2.75, 3.05) is 36.4 Å². The zero-order chi connectivity index (χ0) is 15.9. The highest BCUT2D eigenvalue weighted by Crippen LogP contribution is 2.15. The highest BCUT2D eigenvalue weighted by molar-refractivity contribution is 6.24. The molecule has 116 valence electrons. The molecular weight excluding hydrogens is 282 g/mol. The van der Waals surface area contributed by atoms with Crippen molar-refractivity contribution >= 4 is 29.5 Å². The maximum atomic E-state index is 11.2. The number of aromatic nitrogens is 1. The molecule has 1 fully saturated rings. The van der Waals surface area contributed by atoms with Gasteiger partial charge in [-0.25, -0.2) is 4.98 Å². The Bertz CT molecular complexity index is 588. The third kappa shape index (κ3) is 3.89. The first-order valence-corrected chi connectivity index (χ1v) is 6.90. The van der Waals surface area contributed by atoms with E-state index in [1.165, 1.54) is 6.08 Å². The van der Waals surface area contributed by atoms with Gasteiger partial charge in [0.2, 0.25) is 0 Å². The average molecular weight is 301 g/mol. The largest absolute Gasteiger partial charge is 0.365 e. The number of hydrogen-bond acceptors (Lipinski definition) is 6. The summed E-state index contributed by atoms with van der Waals surface area (Å²) in [4.78, 5) is 17.8. The molecule has 0 bridgehead atoms. The number of nitrogens with one attached hydrogen (secondary N) is 4. The minimum absolute atomic E-state index is 0.0545. The second-order valence-electron chi connectivity index (χ2n) is 4.75. The second-order valence-corrected chi connectivity index (χ2v) is 4.75. The SMILES string of the molecule is N=C/C=C(/C(=N)Nc1ccc(N2CCNCC2)nc1)C(N)=O. The molecule has 0 spiro atoms. The van der Waals surface area contributed by atoms with Gasteiger partial charge in [-0.1, -0.05) is 0 Å². The summed E-state index contributed by atoms with van der Waals surface area (Å²) in [7, 11) is 0. The van der Waals surface area contributed by atoms with Crippen LogP contribution in [0.2, 0.25) is 0 Å². The van der Waals surface area contributed by atoms with Crippen LogP contribution >= 0.6 is 0 Å². The third-order valence-electron chi connectivity index (χ3n) is 3.24. The predicted molar refractivity (Wildman–Crippen MR) is 86.7 cm³/mol. The van der Waals surface area contributed by atoms with Crippen LogP contribution in [0.1, 0.15) is 0 Å². The quantitative estimate of drug-likeness (QED) is 0.295. The summed E-state index contributed by atoms with van der Waals surface area (Å²) in [6.07, 6.45) is 3.71. The van der Waals surface area contributed by atoms with Gasteiger partial charge in [0.1, 0.15) is 11.7 Å². The summed E-state index contributed by atoms with van der Waals surface area (Å²) in [5.41, 5.74) is 5.71. The smallest absolute Gasteiger partial charge is 0.252 e. The van der Waals surface area contributed by atoms with Crippen LogP contribution in [-0.2, 0) is 4.79 Å². The Balaban J connectivity index is 2.04. The van der Waals surface area contributed by atoms with Crippen molar-refractivity contribution in [3.8, 4) is 0 Å². The molecule has 6 N–H and O–H groups in total. The zero-order valence-electron chi connectivity index (χ0n) is 12.1. The fourth-order valence-electron chi connectivity index (χ4n) is 2.12. The summed E-state index contributed by atoms with van der Waals surface area (Å²) >= 11 is 0. The Hall–Kier alpha value is -2.74. The van der Waals surface area contributed by atoms with Gasteiger partial charge >= 0.3 is 0 Å². The van der Waals surface area contributed by atoms with Crippen molar-refractivity contribution in [1.82, 2.24) is 10.3 Å². The van der Waals surface area contributed by atoms with Gasteiger partial charge in [-0.05, 0) is 18.2 Å². The predicted octanol–water partition coefficient (Wildman–Crippen LogP) is -0.0584. The van der Waals surface area contributed by atoms with Crippen molar-refractivity contribution in [2.24, 2.45) is 5.73 Å². The van der Waals surface area contributed by atoms with Gasteiger partial charge in [0.25, 0.3) is 5.91 Å². The number of carbonyl (C=O) groups is 1. The lowest BCUT2D eigenvalue weighted by molar-refractivity contribution is -0.114. The van der Waals surface area contributed by atoms with Crippen LogP contribution in [0, 0.1) is 10.8 Å². The van der Waals surface area contributed by atoms with Crippen molar-refractivity contribution in [3.05, 3.63) is 30.0 Å². The van der Waals surface area contributed by atoms with Crippen LogP contribution in [0.25, 0.3) is 0 Å². The molecule has 2 rings (SSSR count). The van der Waals surface area contributed by atoms with Crippen molar-refractivity contribution in [2.45, 2.75) is 0 Å². The monoisotopic (exact) mass is 301 g/mol. The maximum absolute atomic E-state index is 11.2. The Kier molecular flexibility index (Phi) is 5.21. The molecule has 1 aliphatic heterocycles. The lowest BCUT2D eigenvalue weighted by atomic mass is 10.2. The Morgan fingerprint density at radius 1 is 1.41 bits per heavy atom. The fourth-order valence-corrected chi connectivity index (χ4v) is 2.12. The number of hydrogen-bond donors (Lipinski definition) is 5. The number of allylic oxidation sites excluding steroid dienone is 1. The number of amidine groups is 1. The molecule has 0 saturated carbocycles.